The third-order valence-corrected chi connectivity index (χ3v) is 3.26. The molecule has 0 saturated carbocycles. The second-order valence-corrected chi connectivity index (χ2v) is 5.01. The summed E-state index contributed by atoms with van der Waals surface area (Å²) in [5.74, 6) is 6.33. The number of carbonyl (C=O) groups is 1. The van der Waals surface area contributed by atoms with Gasteiger partial charge in [-0.2, -0.15) is 0 Å². The summed E-state index contributed by atoms with van der Waals surface area (Å²) in [6.45, 7) is 2.66. The Balaban J connectivity index is 2.11. The van der Waals surface area contributed by atoms with Gasteiger partial charge in [0.2, 0.25) is 0 Å². The summed E-state index contributed by atoms with van der Waals surface area (Å²) in [5.41, 5.74) is 7.01. The average molecular weight is 297 g/mol. The van der Waals surface area contributed by atoms with Crippen molar-refractivity contribution in [3.8, 4) is 29.0 Å². The summed E-state index contributed by atoms with van der Waals surface area (Å²) < 4.78 is 7.54. The maximum Gasteiger partial charge on any atom is 0.268 e. The van der Waals surface area contributed by atoms with Crippen LogP contribution in [-0.2, 0) is 6.54 Å². The second-order valence-electron chi connectivity index (χ2n) is 5.01. The van der Waals surface area contributed by atoms with Crippen molar-refractivity contribution in [2.75, 3.05) is 6.61 Å². The van der Waals surface area contributed by atoms with E-state index in [4.69, 9.17) is 10.5 Å². The van der Waals surface area contributed by atoms with E-state index in [0.717, 1.165) is 11.1 Å². The van der Waals surface area contributed by atoms with Crippen molar-refractivity contribution in [3.63, 3.8) is 0 Å². The molecule has 22 heavy (non-hydrogen) atoms. The fourth-order valence-electron chi connectivity index (χ4n) is 2.27. The fraction of sp³-hybridized carbons (Fsp3) is 0.250. The normalized spacial score (nSPS) is 13.7. The van der Waals surface area contributed by atoms with Crippen LogP contribution >= 0.6 is 0 Å². The van der Waals surface area contributed by atoms with Gasteiger partial charge in [0.1, 0.15) is 30.0 Å². The maximum atomic E-state index is 11.3. The number of benzene rings is 1. The number of carbonyl (C=O) groups excluding carboxylic acids is 1. The minimum Gasteiger partial charge on any atom is -0.491 e. The molecule has 1 aromatic carbocycles. The second kappa shape index (κ2) is 5.54. The number of fused-ring (bicyclic) bond motifs is 3. The van der Waals surface area contributed by atoms with Crippen LogP contribution in [0.4, 0.5) is 0 Å². The summed E-state index contributed by atoms with van der Waals surface area (Å²) in [6, 6.07) is 5.47. The van der Waals surface area contributed by atoms with Gasteiger partial charge in [0.25, 0.3) is 5.91 Å². The number of aromatic nitrogens is 2. The zero-order valence-corrected chi connectivity index (χ0v) is 12.0. The summed E-state index contributed by atoms with van der Waals surface area (Å²) in [6.07, 6.45) is 0.933. The predicted octanol–water partition coefficient (Wildman–Crippen LogP) is 0.774. The van der Waals surface area contributed by atoms with Gasteiger partial charge in [0, 0.05) is 11.8 Å². The third kappa shape index (κ3) is 2.67. The van der Waals surface area contributed by atoms with Crippen molar-refractivity contribution in [1.82, 2.24) is 9.55 Å². The predicted molar refractivity (Wildman–Crippen MR) is 80.2 cm³/mol. The van der Waals surface area contributed by atoms with Crippen LogP contribution in [0.1, 0.15) is 23.0 Å². The first-order valence-corrected chi connectivity index (χ1v) is 6.88. The number of rotatable bonds is 1. The van der Waals surface area contributed by atoms with Gasteiger partial charge in [-0.15, -0.1) is 0 Å². The zero-order chi connectivity index (χ0) is 15.7. The molecule has 0 bridgehead atoms. The molecule has 0 fully saturated rings. The molecular formula is C16H15N3O3. The van der Waals surface area contributed by atoms with Crippen LogP contribution in [0.25, 0.3) is 11.4 Å². The number of hydrogen-bond donors (Lipinski definition) is 2. The van der Waals surface area contributed by atoms with E-state index in [1.807, 2.05) is 22.8 Å². The molecule has 1 atom stereocenters. The van der Waals surface area contributed by atoms with Crippen molar-refractivity contribution in [3.05, 3.63) is 35.7 Å². The topological polar surface area (TPSA) is 90.4 Å². The number of nitrogens with zero attached hydrogens (tertiary/aromatic N) is 2. The van der Waals surface area contributed by atoms with Crippen molar-refractivity contribution in [2.45, 2.75) is 19.6 Å². The molecule has 1 aromatic heterocycles. The first kappa shape index (κ1) is 14.2. The fourth-order valence-corrected chi connectivity index (χ4v) is 2.27. The van der Waals surface area contributed by atoms with Gasteiger partial charge in [0.05, 0.1) is 12.1 Å². The number of hydrogen-bond acceptors (Lipinski definition) is 4. The highest BCUT2D eigenvalue weighted by molar-refractivity contribution is 5.91. The van der Waals surface area contributed by atoms with Gasteiger partial charge in [-0.3, -0.25) is 4.79 Å². The molecule has 1 aliphatic rings. The monoisotopic (exact) mass is 297 g/mol. The highest BCUT2D eigenvalue weighted by Crippen LogP contribution is 2.32. The molecule has 6 heteroatoms. The summed E-state index contributed by atoms with van der Waals surface area (Å²) in [7, 11) is 0. The van der Waals surface area contributed by atoms with Gasteiger partial charge in [-0.05, 0) is 25.1 Å². The maximum absolute atomic E-state index is 11.3. The molecule has 3 N–H and O–H groups in total. The Morgan fingerprint density at radius 1 is 1.55 bits per heavy atom. The quantitative estimate of drug-likeness (QED) is 0.761. The first-order valence-electron chi connectivity index (χ1n) is 6.88. The largest absolute Gasteiger partial charge is 0.491 e. The van der Waals surface area contributed by atoms with E-state index in [2.05, 4.69) is 16.8 Å². The van der Waals surface area contributed by atoms with Gasteiger partial charge in [0.15, 0.2) is 0 Å². The van der Waals surface area contributed by atoms with E-state index >= 15 is 0 Å². The number of aliphatic hydroxyl groups excluding tert-OH is 1. The number of aliphatic hydroxyl groups is 1. The molecule has 2 aromatic rings. The molecule has 1 unspecified atom stereocenters. The molecule has 0 aliphatic carbocycles. The number of ether oxygens (including phenoxy) is 1. The van der Waals surface area contributed by atoms with Crippen molar-refractivity contribution in [1.29, 1.82) is 0 Å². The Bertz CT molecular complexity index is 797. The summed E-state index contributed by atoms with van der Waals surface area (Å²) >= 11 is 0. The van der Waals surface area contributed by atoms with Crippen LogP contribution in [0.15, 0.2) is 24.4 Å². The highest BCUT2D eigenvalue weighted by atomic mass is 16.5. The van der Waals surface area contributed by atoms with Gasteiger partial charge >= 0.3 is 0 Å². The standard InChI is InChI=1S/C16H15N3O3/c1-10(20)2-3-11-4-5-14-12(8-11)16-18-13(15(17)21)9-19(16)6-7-22-14/h4-5,8-10,20H,6-7H2,1H3,(H2,17,21). The minimum atomic E-state index is -0.696. The van der Waals surface area contributed by atoms with Crippen molar-refractivity contribution in [2.24, 2.45) is 5.73 Å². The smallest absolute Gasteiger partial charge is 0.268 e. The number of imidazole rings is 1. The molecule has 1 amide bonds. The van der Waals surface area contributed by atoms with Gasteiger partial charge in [-0.25, -0.2) is 4.98 Å². The van der Waals surface area contributed by atoms with Crippen molar-refractivity contribution < 1.29 is 14.6 Å². The van der Waals surface area contributed by atoms with Crippen LogP contribution < -0.4 is 10.5 Å². The molecule has 0 saturated heterocycles. The SMILES string of the molecule is CC(O)C#Cc1ccc2c(c1)-c1nc(C(N)=O)cn1CCO2. The lowest BCUT2D eigenvalue weighted by Crippen LogP contribution is -2.11. The van der Waals surface area contributed by atoms with E-state index in [1.54, 1.807) is 13.1 Å². The Labute approximate surface area is 127 Å². The number of nitrogens with two attached hydrogens (primary N) is 1. The van der Waals surface area contributed by atoms with E-state index in [-0.39, 0.29) is 5.69 Å². The van der Waals surface area contributed by atoms with Gasteiger partial charge < -0.3 is 20.1 Å². The highest BCUT2D eigenvalue weighted by Gasteiger charge is 2.20. The Kier molecular flexibility index (Phi) is 3.57. The first-order chi connectivity index (χ1) is 10.5. The Hall–Kier alpha value is -2.78. The molecule has 1 aliphatic heterocycles. The average Bonchev–Trinajstić information content (AvgIpc) is 2.83. The van der Waals surface area contributed by atoms with Gasteiger partial charge in [-0.1, -0.05) is 11.8 Å². The summed E-state index contributed by atoms with van der Waals surface area (Å²) in [4.78, 5) is 15.6. The molecular weight excluding hydrogens is 282 g/mol. The van der Waals surface area contributed by atoms with Crippen molar-refractivity contribution >= 4 is 5.91 Å². The van der Waals surface area contributed by atoms with E-state index < -0.39 is 12.0 Å². The lowest BCUT2D eigenvalue weighted by atomic mass is 10.1. The Morgan fingerprint density at radius 2 is 2.36 bits per heavy atom. The molecule has 6 nitrogen and oxygen atoms in total. The number of primary amides is 1. The molecule has 0 spiro atoms. The van der Waals surface area contributed by atoms with Crippen LogP contribution in [0, 0.1) is 11.8 Å². The van der Waals surface area contributed by atoms with E-state index in [9.17, 15) is 9.90 Å². The lowest BCUT2D eigenvalue weighted by molar-refractivity contribution is 0.0996. The van der Waals surface area contributed by atoms with E-state index in [1.165, 1.54) is 0 Å². The number of amides is 1. The van der Waals surface area contributed by atoms with Crippen LogP contribution in [0.2, 0.25) is 0 Å². The molecule has 0 radical (unpaired) electrons. The molecule has 2 heterocycles. The van der Waals surface area contributed by atoms with Crippen LogP contribution in [0.5, 0.6) is 5.75 Å². The van der Waals surface area contributed by atoms with Crippen LogP contribution in [0.3, 0.4) is 0 Å². The molecule has 3 rings (SSSR count). The summed E-state index contributed by atoms with van der Waals surface area (Å²) in [5, 5.41) is 9.25. The Morgan fingerprint density at radius 3 is 3.09 bits per heavy atom. The minimum absolute atomic E-state index is 0.225. The molecule has 112 valence electrons. The van der Waals surface area contributed by atoms with E-state index in [0.29, 0.717) is 24.7 Å². The zero-order valence-electron chi connectivity index (χ0n) is 12.0. The van der Waals surface area contributed by atoms with Crippen LogP contribution in [-0.4, -0.2) is 33.3 Å². The lowest BCUT2D eigenvalue weighted by Gasteiger charge is -2.06. The third-order valence-electron chi connectivity index (χ3n) is 3.26.